The summed E-state index contributed by atoms with van der Waals surface area (Å²) in [6, 6.07) is 4.78. The van der Waals surface area contributed by atoms with Crippen LogP contribution >= 0.6 is 12.4 Å². The van der Waals surface area contributed by atoms with Crippen LogP contribution in [0.15, 0.2) is 29.2 Å². The number of nitrogens with zero attached hydrogens (tertiary/aromatic N) is 1. The van der Waals surface area contributed by atoms with E-state index in [0.717, 1.165) is 25.0 Å². The summed E-state index contributed by atoms with van der Waals surface area (Å²) < 4.78 is 37.7. The lowest BCUT2D eigenvalue weighted by molar-refractivity contribution is -0.132. The Hall–Kier alpha value is -1.18. The van der Waals surface area contributed by atoms with Crippen molar-refractivity contribution in [2.45, 2.75) is 42.4 Å². The van der Waals surface area contributed by atoms with Crippen molar-refractivity contribution in [3.63, 3.8) is 0 Å². The highest BCUT2D eigenvalue weighted by molar-refractivity contribution is 7.92. The number of carbonyl (C=O) groups excluding carboxylic acids is 1. The maximum atomic E-state index is 12.9. The monoisotopic (exact) mass is 364 g/mol. The van der Waals surface area contributed by atoms with Gasteiger partial charge >= 0.3 is 0 Å². The van der Waals surface area contributed by atoms with E-state index in [0.29, 0.717) is 13.1 Å². The molecule has 1 fully saturated rings. The van der Waals surface area contributed by atoms with Gasteiger partial charge in [-0.25, -0.2) is 12.8 Å². The van der Waals surface area contributed by atoms with E-state index in [2.05, 4.69) is 0 Å². The van der Waals surface area contributed by atoms with E-state index >= 15 is 0 Å². The summed E-state index contributed by atoms with van der Waals surface area (Å²) in [7, 11) is -3.64. The Kier molecular flexibility index (Phi) is 6.98. The Morgan fingerprint density at radius 1 is 1.30 bits per heavy atom. The molecule has 0 aliphatic carbocycles. The van der Waals surface area contributed by atoms with Gasteiger partial charge in [0.2, 0.25) is 5.91 Å². The van der Waals surface area contributed by atoms with Crippen molar-refractivity contribution >= 4 is 28.2 Å². The zero-order valence-corrected chi connectivity index (χ0v) is 14.6. The highest BCUT2D eigenvalue weighted by atomic mass is 35.5. The molecular formula is C15H22ClFN2O3S. The second-order valence-corrected chi connectivity index (χ2v) is 8.10. The van der Waals surface area contributed by atoms with Crippen LogP contribution in [0.1, 0.15) is 26.2 Å². The van der Waals surface area contributed by atoms with Gasteiger partial charge in [0.15, 0.2) is 9.84 Å². The minimum atomic E-state index is -3.64. The molecule has 1 aromatic carbocycles. The van der Waals surface area contributed by atoms with E-state index in [-0.39, 0.29) is 35.7 Å². The number of halogens is 2. The quantitative estimate of drug-likeness (QED) is 0.825. The molecule has 0 saturated carbocycles. The highest BCUT2D eigenvalue weighted by Crippen LogP contribution is 2.20. The Morgan fingerprint density at radius 2 is 1.83 bits per heavy atom. The predicted molar refractivity (Wildman–Crippen MR) is 88.7 cm³/mol. The fourth-order valence-corrected chi connectivity index (χ4v) is 3.83. The number of carbonyl (C=O) groups is 1. The Labute approximate surface area is 142 Å². The molecule has 2 rings (SSSR count). The van der Waals surface area contributed by atoms with Crippen LogP contribution in [0.2, 0.25) is 0 Å². The van der Waals surface area contributed by atoms with E-state index in [9.17, 15) is 17.6 Å². The van der Waals surface area contributed by atoms with Gasteiger partial charge in [-0.05, 0) is 44.0 Å². The molecule has 0 spiro atoms. The van der Waals surface area contributed by atoms with Crippen molar-refractivity contribution < 1.29 is 17.6 Å². The molecule has 1 aromatic rings. The number of benzene rings is 1. The Bertz CT molecular complexity index is 629. The molecule has 5 nitrogen and oxygen atoms in total. The second-order valence-electron chi connectivity index (χ2n) is 5.73. The molecule has 1 atom stereocenters. The lowest BCUT2D eigenvalue weighted by Crippen LogP contribution is -2.44. The minimum Gasteiger partial charge on any atom is -0.343 e. The zero-order valence-electron chi connectivity index (χ0n) is 12.9. The van der Waals surface area contributed by atoms with Gasteiger partial charge < -0.3 is 10.6 Å². The SMILES string of the molecule is CC(CC(=O)N1CCC(N)CC1)S(=O)(=O)c1ccc(F)cc1.Cl. The van der Waals surface area contributed by atoms with Crippen LogP contribution < -0.4 is 5.73 Å². The molecule has 1 heterocycles. The highest BCUT2D eigenvalue weighted by Gasteiger charge is 2.29. The third kappa shape index (κ3) is 4.89. The van der Waals surface area contributed by atoms with Gasteiger partial charge in [-0.2, -0.15) is 0 Å². The van der Waals surface area contributed by atoms with Gasteiger partial charge in [0.05, 0.1) is 10.1 Å². The van der Waals surface area contributed by atoms with Gasteiger partial charge in [0.1, 0.15) is 5.82 Å². The number of hydrogen-bond acceptors (Lipinski definition) is 4. The number of piperidine rings is 1. The number of sulfone groups is 1. The van der Waals surface area contributed by atoms with E-state index in [1.54, 1.807) is 4.90 Å². The first-order chi connectivity index (χ1) is 10.3. The largest absolute Gasteiger partial charge is 0.343 e. The number of likely N-dealkylation sites (tertiary alicyclic amines) is 1. The summed E-state index contributed by atoms with van der Waals surface area (Å²) in [5.41, 5.74) is 5.79. The molecule has 1 amide bonds. The number of rotatable bonds is 4. The van der Waals surface area contributed by atoms with Crippen molar-refractivity contribution in [2.75, 3.05) is 13.1 Å². The average molecular weight is 365 g/mol. The van der Waals surface area contributed by atoms with Crippen LogP contribution in [0.4, 0.5) is 4.39 Å². The molecule has 8 heteroatoms. The maximum absolute atomic E-state index is 12.9. The molecule has 0 bridgehead atoms. The number of hydrogen-bond donors (Lipinski definition) is 1. The molecule has 1 saturated heterocycles. The normalized spacial score (nSPS) is 17.4. The van der Waals surface area contributed by atoms with Crippen LogP contribution in [-0.2, 0) is 14.6 Å². The molecule has 0 radical (unpaired) electrons. The summed E-state index contributed by atoms with van der Waals surface area (Å²) in [6.45, 7) is 2.65. The summed E-state index contributed by atoms with van der Waals surface area (Å²) >= 11 is 0. The molecule has 23 heavy (non-hydrogen) atoms. The fraction of sp³-hybridized carbons (Fsp3) is 0.533. The second kappa shape index (κ2) is 8.08. The van der Waals surface area contributed by atoms with Gasteiger partial charge in [0.25, 0.3) is 0 Å². The van der Waals surface area contributed by atoms with Crippen LogP contribution in [0.3, 0.4) is 0 Å². The van der Waals surface area contributed by atoms with E-state index in [1.807, 2.05) is 0 Å². The standard InChI is InChI=1S/C15H21FN2O3S.ClH/c1-11(10-15(19)18-8-6-13(17)7-9-18)22(20,21)14-4-2-12(16)3-5-14;/h2-5,11,13H,6-10,17H2,1H3;1H. The molecule has 2 N–H and O–H groups in total. The molecule has 0 aromatic heterocycles. The summed E-state index contributed by atoms with van der Waals surface area (Å²) in [6.07, 6.45) is 1.41. The van der Waals surface area contributed by atoms with Crippen LogP contribution in [0.5, 0.6) is 0 Å². The van der Waals surface area contributed by atoms with Gasteiger partial charge in [0, 0.05) is 25.6 Å². The molecule has 130 valence electrons. The molecular weight excluding hydrogens is 343 g/mol. The topological polar surface area (TPSA) is 80.5 Å². The summed E-state index contributed by atoms with van der Waals surface area (Å²) in [4.78, 5) is 13.9. The third-order valence-electron chi connectivity index (χ3n) is 4.03. The molecule has 1 aliphatic rings. The van der Waals surface area contributed by atoms with E-state index < -0.39 is 20.9 Å². The maximum Gasteiger partial charge on any atom is 0.223 e. The van der Waals surface area contributed by atoms with Crippen molar-refractivity contribution in [1.29, 1.82) is 0 Å². The van der Waals surface area contributed by atoms with Crippen molar-refractivity contribution in [1.82, 2.24) is 4.90 Å². The smallest absolute Gasteiger partial charge is 0.223 e. The Balaban J connectivity index is 0.00000264. The van der Waals surface area contributed by atoms with Crippen LogP contribution in [0.25, 0.3) is 0 Å². The molecule has 1 unspecified atom stereocenters. The summed E-state index contributed by atoms with van der Waals surface area (Å²) in [5, 5.41) is -0.846. The minimum absolute atomic E-state index is 0. The Morgan fingerprint density at radius 3 is 2.35 bits per heavy atom. The van der Waals surface area contributed by atoms with E-state index in [4.69, 9.17) is 5.73 Å². The van der Waals surface area contributed by atoms with Gasteiger partial charge in [-0.3, -0.25) is 4.79 Å². The van der Waals surface area contributed by atoms with Crippen molar-refractivity contribution in [3.05, 3.63) is 30.1 Å². The van der Waals surface area contributed by atoms with Gasteiger partial charge in [-0.1, -0.05) is 0 Å². The lowest BCUT2D eigenvalue weighted by Gasteiger charge is -2.31. The average Bonchev–Trinajstić information content (AvgIpc) is 2.48. The first-order valence-electron chi connectivity index (χ1n) is 7.33. The van der Waals surface area contributed by atoms with Crippen LogP contribution in [0, 0.1) is 5.82 Å². The van der Waals surface area contributed by atoms with Crippen molar-refractivity contribution in [2.24, 2.45) is 5.73 Å². The molecule has 1 aliphatic heterocycles. The first kappa shape index (κ1) is 19.9. The van der Waals surface area contributed by atoms with E-state index in [1.165, 1.54) is 19.1 Å². The fourth-order valence-electron chi connectivity index (χ4n) is 2.49. The van der Waals surface area contributed by atoms with Gasteiger partial charge in [-0.15, -0.1) is 12.4 Å². The zero-order chi connectivity index (χ0) is 16.3. The predicted octanol–water partition coefficient (Wildman–Crippen LogP) is 1.75. The number of amides is 1. The first-order valence-corrected chi connectivity index (χ1v) is 8.88. The van der Waals surface area contributed by atoms with Crippen molar-refractivity contribution in [3.8, 4) is 0 Å². The summed E-state index contributed by atoms with van der Waals surface area (Å²) in [5.74, 6) is -0.669. The third-order valence-corrected chi connectivity index (χ3v) is 6.18. The lowest BCUT2D eigenvalue weighted by atomic mass is 10.1. The number of nitrogens with two attached hydrogens (primary N) is 1. The van der Waals surface area contributed by atoms with Crippen LogP contribution in [-0.4, -0.2) is 43.6 Å².